The smallest absolute Gasteiger partial charge is 0.204 e. The Kier molecular flexibility index (Phi) is 6.59. The molecule has 1 unspecified atom stereocenters. The summed E-state index contributed by atoms with van der Waals surface area (Å²) in [5.74, 6) is -2.86. The predicted octanol–water partition coefficient (Wildman–Crippen LogP) is 5.42. The van der Waals surface area contributed by atoms with Crippen molar-refractivity contribution in [2.45, 2.75) is 19.6 Å². The van der Waals surface area contributed by atoms with Crippen LogP contribution in [0.25, 0.3) is 22.5 Å². The highest BCUT2D eigenvalue weighted by Gasteiger charge is 2.29. The van der Waals surface area contributed by atoms with Gasteiger partial charge < -0.3 is 19.9 Å². The van der Waals surface area contributed by atoms with Crippen LogP contribution in [-0.2, 0) is 6.61 Å². The molecule has 1 fully saturated rings. The molecular formula is C26H23ClF3N5O. The van der Waals surface area contributed by atoms with Crippen molar-refractivity contribution in [1.29, 1.82) is 0 Å². The molecule has 0 bridgehead atoms. The van der Waals surface area contributed by atoms with Crippen LogP contribution >= 0.6 is 11.6 Å². The number of anilines is 2. The maximum Gasteiger partial charge on any atom is 0.204 e. The molecule has 2 N–H and O–H groups in total. The summed E-state index contributed by atoms with van der Waals surface area (Å²) in [6.45, 7) is 3.68. The zero-order chi connectivity index (χ0) is 25.4. The number of aromatic nitrogens is 3. The van der Waals surface area contributed by atoms with Gasteiger partial charge in [-0.1, -0.05) is 41.9 Å². The Morgan fingerprint density at radius 3 is 2.42 bits per heavy atom. The van der Waals surface area contributed by atoms with Gasteiger partial charge in [-0.05, 0) is 30.7 Å². The number of imidazole rings is 1. The standard InChI is InChI=1S/C26H23ClF3N5O/c1-15-13-34(25-19(27)9-16(14-36)12-31-25)7-8-35(15)26-32-23(17-5-3-2-4-6-17)24(33-26)18-10-20(28)22(30)21(29)11-18/h2-6,9-12,15,36H,7-8,13-14H2,1H3,(H,32,33). The van der Waals surface area contributed by atoms with Crippen molar-refractivity contribution < 1.29 is 18.3 Å². The summed E-state index contributed by atoms with van der Waals surface area (Å²) in [7, 11) is 0. The quantitative estimate of drug-likeness (QED) is 0.349. The first-order chi connectivity index (χ1) is 17.4. The Bertz CT molecular complexity index is 1370. The highest BCUT2D eigenvalue weighted by molar-refractivity contribution is 6.33. The lowest BCUT2D eigenvalue weighted by atomic mass is 10.0. The molecule has 10 heteroatoms. The normalized spacial score (nSPS) is 16.0. The SMILES string of the molecule is CC1CN(c2ncc(CO)cc2Cl)CCN1c1nc(-c2ccccc2)c(-c2cc(F)c(F)c(F)c2)[nH]1. The average molecular weight is 514 g/mol. The lowest BCUT2D eigenvalue weighted by Gasteiger charge is -2.40. The number of nitrogens with zero attached hydrogens (tertiary/aromatic N) is 4. The van der Waals surface area contributed by atoms with Crippen molar-refractivity contribution in [3.8, 4) is 22.5 Å². The highest BCUT2D eigenvalue weighted by Crippen LogP contribution is 2.35. The number of aliphatic hydroxyl groups excluding tert-OH is 1. The van der Waals surface area contributed by atoms with Crippen molar-refractivity contribution in [2.75, 3.05) is 29.4 Å². The van der Waals surface area contributed by atoms with Crippen LogP contribution in [0.2, 0.25) is 5.02 Å². The van der Waals surface area contributed by atoms with Crippen LogP contribution in [0.5, 0.6) is 0 Å². The maximum atomic E-state index is 14.1. The topological polar surface area (TPSA) is 68.3 Å². The number of aromatic amines is 1. The maximum absolute atomic E-state index is 14.1. The molecule has 1 atom stereocenters. The third kappa shape index (κ3) is 4.52. The Balaban J connectivity index is 1.48. The third-order valence-corrected chi connectivity index (χ3v) is 6.55. The lowest BCUT2D eigenvalue weighted by Crippen LogP contribution is -2.52. The van der Waals surface area contributed by atoms with Gasteiger partial charge in [0.05, 0.1) is 23.0 Å². The van der Waals surface area contributed by atoms with Crippen LogP contribution in [0.1, 0.15) is 12.5 Å². The van der Waals surface area contributed by atoms with Gasteiger partial charge in [0.25, 0.3) is 0 Å². The van der Waals surface area contributed by atoms with Gasteiger partial charge in [-0.3, -0.25) is 0 Å². The molecule has 0 aliphatic carbocycles. The van der Waals surface area contributed by atoms with Crippen molar-refractivity contribution in [1.82, 2.24) is 15.0 Å². The monoisotopic (exact) mass is 513 g/mol. The molecule has 3 heterocycles. The zero-order valence-electron chi connectivity index (χ0n) is 19.3. The number of halogens is 4. The van der Waals surface area contributed by atoms with Gasteiger partial charge in [0.15, 0.2) is 17.5 Å². The summed E-state index contributed by atoms with van der Waals surface area (Å²) in [5, 5.41) is 9.78. The van der Waals surface area contributed by atoms with E-state index in [4.69, 9.17) is 16.6 Å². The number of hydrogen-bond donors (Lipinski definition) is 2. The Labute approximate surface area is 211 Å². The van der Waals surface area contributed by atoms with Crippen LogP contribution < -0.4 is 9.80 Å². The van der Waals surface area contributed by atoms with Crippen molar-refractivity contribution in [3.63, 3.8) is 0 Å². The van der Waals surface area contributed by atoms with E-state index < -0.39 is 17.5 Å². The number of H-pyrrole nitrogens is 1. The van der Waals surface area contributed by atoms with E-state index in [1.54, 1.807) is 12.3 Å². The lowest BCUT2D eigenvalue weighted by molar-refractivity contribution is 0.281. The number of piperazine rings is 1. The minimum absolute atomic E-state index is 0.0153. The molecule has 2 aromatic carbocycles. The van der Waals surface area contributed by atoms with Gasteiger partial charge in [-0.25, -0.2) is 23.1 Å². The van der Waals surface area contributed by atoms with E-state index >= 15 is 0 Å². The van der Waals surface area contributed by atoms with E-state index in [9.17, 15) is 18.3 Å². The van der Waals surface area contributed by atoms with Gasteiger partial charge in [-0.15, -0.1) is 0 Å². The van der Waals surface area contributed by atoms with Gasteiger partial charge in [0.2, 0.25) is 5.95 Å². The molecule has 1 saturated heterocycles. The van der Waals surface area contributed by atoms with E-state index in [1.165, 1.54) is 0 Å². The van der Waals surface area contributed by atoms with Gasteiger partial charge in [0.1, 0.15) is 5.82 Å². The summed E-state index contributed by atoms with van der Waals surface area (Å²) < 4.78 is 41.8. The number of benzene rings is 2. The fourth-order valence-electron chi connectivity index (χ4n) is 4.46. The first-order valence-corrected chi connectivity index (χ1v) is 11.8. The van der Waals surface area contributed by atoms with Crippen LogP contribution in [0.15, 0.2) is 54.7 Å². The molecule has 0 saturated carbocycles. The Morgan fingerprint density at radius 1 is 1.06 bits per heavy atom. The molecule has 6 nitrogen and oxygen atoms in total. The second-order valence-corrected chi connectivity index (χ2v) is 9.11. The molecule has 186 valence electrons. The van der Waals surface area contributed by atoms with E-state index in [-0.39, 0.29) is 18.2 Å². The van der Waals surface area contributed by atoms with E-state index in [1.807, 2.05) is 37.3 Å². The first kappa shape index (κ1) is 24.1. The van der Waals surface area contributed by atoms with Crippen LogP contribution in [0.3, 0.4) is 0 Å². The zero-order valence-corrected chi connectivity index (χ0v) is 20.1. The van der Waals surface area contributed by atoms with Crippen molar-refractivity contribution in [2.24, 2.45) is 0 Å². The van der Waals surface area contributed by atoms with E-state index in [0.717, 1.165) is 17.7 Å². The molecule has 0 amide bonds. The number of nitrogens with one attached hydrogen (secondary N) is 1. The molecule has 1 aliphatic heterocycles. The van der Waals surface area contributed by atoms with Crippen LogP contribution in [-0.4, -0.2) is 45.7 Å². The van der Waals surface area contributed by atoms with Gasteiger partial charge in [-0.2, -0.15) is 0 Å². The van der Waals surface area contributed by atoms with Crippen LogP contribution in [0, 0.1) is 17.5 Å². The molecule has 36 heavy (non-hydrogen) atoms. The molecule has 4 aromatic rings. The minimum atomic E-state index is -1.51. The Hall–Kier alpha value is -3.56. The Morgan fingerprint density at radius 2 is 1.78 bits per heavy atom. The van der Waals surface area contributed by atoms with E-state index in [0.29, 0.717) is 53.4 Å². The second kappa shape index (κ2) is 9.83. The fraction of sp³-hybridized carbons (Fsp3) is 0.231. The predicted molar refractivity (Wildman–Crippen MR) is 134 cm³/mol. The number of hydrogen-bond acceptors (Lipinski definition) is 5. The number of aliphatic hydroxyl groups is 1. The van der Waals surface area contributed by atoms with Gasteiger partial charge >= 0.3 is 0 Å². The highest BCUT2D eigenvalue weighted by atomic mass is 35.5. The van der Waals surface area contributed by atoms with E-state index in [2.05, 4.69) is 19.8 Å². The summed E-state index contributed by atoms with van der Waals surface area (Å²) in [5.41, 5.74) is 2.46. The number of pyridine rings is 1. The fourth-order valence-corrected chi connectivity index (χ4v) is 4.77. The first-order valence-electron chi connectivity index (χ1n) is 11.4. The third-order valence-electron chi connectivity index (χ3n) is 6.27. The molecule has 0 spiro atoms. The molecule has 0 radical (unpaired) electrons. The summed E-state index contributed by atoms with van der Waals surface area (Å²) in [6, 6.07) is 12.9. The van der Waals surface area contributed by atoms with Gasteiger partial charge in [0, 0.05) is 43.0 Å². The van der Waals surface area contributed by atoms with Crippen molar-refractivity contribution in [3.05, 3.63) is 82.8 Å². The minimum Gasteiger partial charge on any atom is -0.392 e. The summed E-state index contributed by atoms with van der Waals surface area (Å²) >= 11 is 6.40. The second-order valence-electron chi connectivity index (χ2n) is 8.70. The van der Waals surface area contributed by atoms with Crippen molar-refractivity contribution >= 4 is 23.4 Å². The molecule has 1 aliphatic rings. The largest absolute Gasteiger partial charge is 0.392 e. The number of rotatable bonds is 5. The molecule has 5 rings (SSSR count). The molecular weight excluding hydrogens is 491 g/mol. The molecule has 2 aromatic heterocycles. The summed E-state index contributed by atoms with van der Waals surface area (Å²) in [4.78, 5) is 16.6. The summed E-state index contributed by atoms with van der Waals surface area (Å²) in [6.07, 6.45) is 1.60. The average Bonchev–Trinajstić information content (AvgIpc) is 3.32. The van der Waals surface area contributed by atoms with Crippen LogP contribution in [0.4, 0.5) is 24.9 Å².